The largest absolute Gasteiger partial charge is 0.467 e. The number of rotatable bonds is 9. The standard InChI is InChI=1S/C23H25FN4O4S/c1-14(29)26-20-11-16(22(30)27-18(8-9-33-3)23(31)32-2)10-19-21(20)28(13-25-19)12-15-4-6-17(24)7-5-15/h4-7,10-11,13,18H,8-9,12H2,1-3H3,(H,26,29)(H,27,30)/t18-/m1/s1. The Balaban J connectivity index is 1.95. The number of aromatic nitrogens is 2. The minimum absolute atomic E-state index is 0.247. The van der Waals surface area contributed by atoms with Crippen LogP contribution >= 0.6 is 11.8 Å². The highest BCUT2D eigenvalue weighted by molar-refractivity contribution is 7.98. The van der Waals surface area contributed by atoms with E-state index in [0.29, 0.717) is 35.4 Å². The summed E-state index contributed by atoms with van der Waals surface area (Å²) in [5.74, 6) is -0.969. The number of amides is 2. The van der Waals surface area contributed by atoms with Crippen molar-refractivity contribution >= 4 is 46.3 Å². The Kier molecular flexibility index (Phi) is 8.05. The third-order valence-corrected chi connectivity index (χ3v) is 5.60. The number of benzene rings is 2. The number of thioether (sulfide) groups is 1. The Hall–Kier alpha value is -3.40. The van der Waals surface area contributed by atoms with Crippen molar-refractivity contribution in [3.8, 4) is 0 Å². The van der Waals surface area contributed by atoms with Gasteiger partial charge in [0.1, 0.15) is 11.9 Å². The molecule has 0 aliphatic heterocycles. The summed E-state index contributed by atoms with van der Waals surface area (Å²) >= 11 is 1.56. The van der Waals surface area contributed by atoms with Gasteiger partial charge in [0.05, 0.1) is 30.2 Å². The maximum Gasteiger partial charge on any atom is 0.328 e. The van der Waals surface area contributed by atoms with Crippen LogP contribution in [0.25, 0.3) is 11.0 Å². The van der Waals surface area contributed by atoms with Crippen LogP contribution in [0.5, 0.6) is 0 Å². The molecule has 0 aliphatic rings. The van der Waals surface area contributed by atoms with E-state index in [2.05, 4.69) is 15.6 Å². The molecule has 174 valence electrons. The molecule has 33 heavy (non-hydrogen) atoms. The number of hydrogen-bond donors (Lipinski definition) is 2. The minimum atomic E-state index is -0.786. The van der Waals surface area contributed by atoms with Gasteiger partial charge in [0.2, 0.25) is 5.91 Å². The summed E-state index contributed by atoms with van der Waals surface area (Å²) in [6.07, 6.45) is 3.93. The molecular weight excluding hydrogens is 447 g/mol. The van der Waals surface area contributed by atoms with Crippen LogP contribution in [-0.4, -0.2) is 52.5 Å². The van der Waals surface area contributed by atoms with Gasteiger partial charge in [-0.05, 0) is 48.3 Å². The van der Waals surface area contributed by atoms with Crippen LogP contribution in [0.4, 0.5) is 10.1 Å². The number of esters is 1. The number of carbonyl (C=O) groups excluding carboxylic acids is 3. The molecule has 0 aliphatic carbocycles. The fourth-order valence-corrected chi connectivity index (χ4v) is 3.87. The van der Waals surface area contributed by atoms with E-state index in [0.717, 1.165) is 5.56 Å². The van der Waals surface area contributed by atoms with Crippen LogP contribution in [0.1, 0.15) is 29.3 Å². The van der Waals surface area contributed by atoms with Crippen LogP contribution in [0.15, 0.2) is 42.7 Å². The van der Waals surface area contributed by atoms with Gasteiger partial charge in [-0.1, -0.05) is 12.1 Å². The molecule has 0 fully saturated rings. The molecule has 1 heterocycles. The summed E-state index contributed by atoms with van der Waals surface area (Å²) in [5.41, 5.74) is 2.62. The van der Waals surface area contributed by atoms with Crippen molar-refractivity contribution in [2.45, 2.75) is 25.9 Å². The number of nitrogens with one attached hydrogen (secondary N) is 2. The lowest BCUT2D eigenvalue weighted by Crippen LogP contribution is -2.42. The van der Waals surface area contributed by atoms with Crippen LogP contribution in [0, 0.1) is 5.82 Å². The number of anilines is 1. The van der Waals surface area contributed by atoms with E-state index < -0.39 is 17.9 Å². The fourth-order valence-electron chi connectivity index (χ4n) is 3.40. The minimum Gasteiger partial charge on any atom is -0.467 e. The van der Waals surface area contributed by atoms with Gasteiger partial charge in [0.25, 0.3) is 5.91 Å². The number of halogens is 1. The first kappa shape index (κ1) is 24.2. The molecule has 0 spiro atoms. The predicted octanol–water partition coefficient (Wildman–Crippen LogP) is 3.21. The average molecular weight is 473 g/mol. The smallest absolute Gasteiger partial charge is 0.328 e. The highest BCUT2D eigenvalue weighted by Crippen LogP contribution is 2.26. The van der Waals surface area contributed by atoms with Crippen molar-refractivity contribution in [2.24, 2.45) is 0 Å². The molecule has 2 amide bonds. The zero-order valence-corrected chi connectivity index (χ0v) is 19.4. The van der Waals surface area contributed by atoms with Crippen LogP contribution in [0.2, 0.25) is 0 Å². The molecule has 3 aromatic rings. The topological polar surface area (TPSA) is 102 Å². The molecule has 2 aromatic carbocycles. The molecule has 0 saturated heterocycles. The zero-order valence-electron chi connectivity index (χ0n) is 18.6. The Morgan fingerprint density at radius 3 is 2.58 bits per heavy atom. The third-order valence-electron chi connectivity index (χ3n) is 4.95. The number of carbonyl (C=O) groups is 3. The first-order valence-electron chi connectivity index (χ1n) is 10.2. The van der Waals surface area contributed by atoms with Crippen molar-refractivity contribution in [1.82, 2.24) is 14.9 Å². The fraction of sp³-hybridized carbons (Fsp3) is 0.304. The lowest BCUT2D eigenvalue weighted by atomic mass is 10.1. The molecule has 8 nitrogen and oxygen atoms in total. The second-order valence-corrected chi connectivity index (χ2v) is 8.39. The van der Waals surface area contributed by atoms with Gasteiger partial charge >= 0.3 is 5.97 Å². The van der Waals surface area contributed by atoms with Crippen molar-refractivity contribution in [2.75, 3.05) is 24.4 Å². The summed E-state index contributed by atoms with van der Waals surface area (Å²) in [7, 11) is 1.27. The van der Waals surface area contributed by atoms with Gasteiger partial charge in [-0.25, -0.2) is 14.2 Å². The average Bonchev–Trinajstić information content (AvgIpc) is 3.20. The number of methoxy groups -OCH3 is 1. The summed E-state index contributed by atoms with van der Waals surface area (Å²) in [4.78, 5) is 41.2. The number of hydrogen-bond acceptors (Lipinski definition) is 6. The molecule has 1 aromatic heterocycles. The summed E-state index contributed by atoms with van der Waals surface area (Å²) in [6.45, 7) is 1.77. The van der Waals surface area contributed by atoms with E-state index in [1.54, 1.807) is 42.4 Å². The highest BCUT2D eigenvalue weighted by Gasteiger charge is 2.23. The predicted molar refractivity (Wildman–Crippen MR) is 126 cm³/mol. The molecule has 0 unspecified atom stereocenters. The number of nitrogens with zero attached hydrogens (tertiary/aromatic N) is 2. The van der Waals surface area contributed by atoms with E-state index in [9.17, 15) is 18.8 Å². The van der Waals surface area contributed by atoms with E-state index in [4.69, 9.17) is 4.74 Å². The molecule has 0 bridgehead atoms. The second kappa shape index (κ2) is 11.0. The Morgan fingerprint density at radius 2 is 1.94 bits per heavy atom. The monoisotopic (exact) mass is 472 g/mol. The lowest BCUT2D eigenvalue weighted by molar-refractivity contribution is -0.142. The Labute approximate surface area is 194 Å². The molecule has 0 saturated carbocycles. The normalized spacial score (nSPS) is 11.8. The number of fused-ring (bicyclic) bond motifs is 1. The zero-order chi connectivity index (χ0) is 24.0. The first-order chi connectivity index (χ1) is 15.8. The lowest BCUT2D eigenvalue weighted by Gasteiger charge is -2.17. The molecule has 0 radical (unpaired) electrons. The van der Waals surface area contributed by atoms with Gasteiger partial charge in [0.15, 0.2) is 0 Å². The van der Waals surface area contributed by atoms with E-state index >= 15 is 0 Å². The first-order valence-corrected chi connectivity index (χ1v) is 11.6. The van der Waals surface area contributed by atoms with Gasteiger partial charge < -0.3 is 19.9 Å². The maximum atomic E-state index is 13.2. The van der Waals surface area contributed by atoms with E-state index in [1.165, 1.54) is 26.2 Å². The van der Waals surface area contributed by atoms with Crippen molar-refractivity contribution < 1.29 is 23.5 Å². The Morgan fingerprint density at radius 1 is 1.21 bits per heavy atom. The van der Waals surface area contributed by atoms with Crippen LogP contribution < -0.4 is 10.6 Å². The van der Waals surface area contributed by atoms with Crippen molar-refractivity contribution in [3.05, 3.63) is 59.7 Å². The van der Waals surface area contributed by atoms with Crippen LogP contribution in [0.3, 0.4) is 0 Å². The number of ether oxygens (including phenoxy) is 1. The van der Waals surface area contributed by atoms with Gasteiger partial charge in [0, 0.05) is 19.0 Å². The second-order valence-electron chi connectivity index (χ2n) is 7.40. The quantitative estimate of drug-likeness (QED) is 0.464. The van der Waals surface area contributed by atoms with Gasteiger partial charge in [-0.3, -0.25) is 9.59 Å². The summed E-state index contributed by atoms with van der Waals surface area (Å²) in [6, 6.07) is 8.45. The van der Waals surface area contributed by atoms with E-state index in [1.807, 2.05) is 10.8 Å². The molecule has 1 atom stereocenters. The van der Waals surface area contributed by atoms with Gasteiger partial charge in [-0.15, -0.1) is 0 Å². The molecule has 2 N–H and O–H groups in total. The van der Waals surface area contributed by atoms with Crippen LogP contribution in [-0.2, 0) is 20.9 Å². The number of imidazole rings is 1. The molecular formula is C23H25FN4O4S. The van der Waals surface area contributed by atoms with Crippen molar-refractivity contribution in [3.63, 3.8) is 0 Å². The third kappa shape index (κ3) is 6.10. The Bertz CT molecular complexity index is 1160. The molecule has 10 heteroatoms. The van der Waals surface area contributed by atoms with Crippen molar-refractivity contribution in [1.29, 1.82) is 0 Å². The van der Waals surface area contributed by atoms with E-state index in [-0.39, 0.29) is 17.3 Å². The summed E-state index contributed by atoms with van der Waals surface area (Å²) < 4.78 is 19.9. The SMILES string of the molecule is COC(=O)[C@@H](CCSC)NC(=O)c1cc(NC(C)=O)c2c(c1)ncn2Cc1ccc(F)cc1. The maximum absolute atomic E-state index is 13.2. The molecule has 3 rings (SSSR count). The summed E-state index contributed by atoms with van der Waals surface area (Å²) in [5, 5.41) is 5.46. The highest BCUT2D eigenvalue weighted by atomic mass is 32.2. The van der Waals surface area contributed by atoms with Gasteiger partial charge in [-0.2, -0.15) is 11.8 Å².